The maximum absolute atomic E-state index is 12.0. The van der Waals surface area contributed by atoms with E-state index in [2.05, 4.69) is 10.6 Å². The van der Waals surface area contributed by atoms with Crippen molar-refractivity contribution < 1.29 is 23.9 Å². The van der Waals surface area contributed by atoms with Gasteiger partial charge in [-0.25, -0.2) is 9.59 Å². The molecule has 26 heavy (non-hydrogen) atoms. The first-order chi connectivity index (χ1) is 12.4. The van der Waals surface area contributed by atoms with Crippen molar-refractivity contribution in [1.82, 2.24) is 10.6 Å². The molecule has 2 aromatic rings. The lowest BCUT2D eigenvalue weighted by Gasteiger charge is -2.13. The van der Waals surface area contributed by atoms with Gasteiger partial charge in [0.1, 0.15) is 0 Å². The summed E-state index contributed by atoms with van der Waals surface area (Å²) in [7, 11) is 1.36. The number of carbonyl (C=O) groups is 4. The first-order valence-electron chi connectivity index (χ1n) is 7.59. The zero-order valence-electron chi connectivity index (χ0n) is 14.1. The van der Waals surface area contributed by atoms with Gasteiger partial charge in [0.2, 0.25) is 0 Å². The quantitative estimate of drug-likeness (QED) is 0.692. The molecule has 1 heterocycles. The average molecular weight is 375 g/mol. The Kier molecular flexibility index (Phi) is 6.45. The predicted molar refractivity (Wildman–Crippen MR) is 96.2 cm³/mol. The van der Waals surface area contributed by atoms with Gasteiger partial charge in [-0.2, -0.15) is 0 Å². The van der Waals surface area contributed by atoms with Crippen molar-refractivity contribution in [3.8, 4) is 0 Å². The number of amides is 4. The summed E-state index contributed by atoms with van der Waals surface area (Å²) >= 11 is 1.32. The zero-order valence-corrected chi connectivity index (χ0v) is 14.9. The first kappa shape index (κ1) is 19.1. The van der Waals surface area contributed by atoms with E-state index < -0.39 is 24.0 Å². The molecular weight excluding hydrogens is 358 g/mol. The normalized spacial score (nSPS) is 11.2. The highest BCUT2D eigenvalue weighted by Gasteiger charge is 2.20. The van der Waals surface area contributed by atoms with E-state index in [1.54, 1.807) is 29.6 Å². The van der Waals surface area contributed by atoms with Gasteiger partial charge >= 0.3 is 12.0 Å². The van der Waals surface area contributed by atoms with E-state index in [0.717, 1.165) is 0 Å². The van der Waals surface area contributed by atoms with Gasteiger partial charge in [-0.15, -0.1) is 11.3 Å². The summed E-state index contributed by atoms with van der Waals surface area (Å²) in [4.78, 5) is 47.3. The molecule has 0 saturated carbocycles. The molecule has 0 bridgehead atoms. The van der Waals surface area contributed by atoms with Crippen LogP contribution >= 0.6 is 11.3 Å². The third kappa shape index (κ3) is 5.15. The molecule has 3 N–H and O–H groups in total. The summed E-state index contributed by atoms with van der Waals surface area (Å²) < 4.78 is 5.01. The number of rotatable bonds is 5. The number of anilines is 1. The van der Waals surface area contributed by atoms with Crippen LogP contribution in [0.2, 0.25) is 0 Å². The summed E-state index contributed by atoms with van der Waals surface area (Å²) in [5.41, 5.74) is 0.726. The van der Waals surface area contributed by atoms with Gasteiger partial charge in [-0.3, -0.25) is 14.9 Å². The lowest BCUT2D eigenvalue weighted by molar-refractivity contribution is -0.127. The third-order valence-corrected chi connectivity index (χ3v) is 4.11. The molecule has 9 heteroatoms. The van der Waals surface area contributed by atoms with Crippen LogP contribution < -0.4 is 16.0 Å². The lowest BCUT2D eigenvalue weighted by atomic mass is 10.2. The molecule has 136 valence electrons. The minimum atomic E-state index is -1.14. The molecule has 0 spiro atoms. The van der Waals surface area contributed by atoms with Gasteiger partial charge < -0.3 is 15.4 Å². The van der Waals surface area contributed by atoms with Crippen molar-refractivity contribution in [2.75, 3.05) is 12.4 Å². The smallest absolute Gasteiger partial charge is 0.338 e. The highest BCUT2D eigenvalue weighted by Crippen LogP contribution is 2.15. The standard InChI is InChI=1S/C17H17N3O5S/c1-10(14(21)20-17(24)18-2)25-16(23)11-5-7-12(8-6-11)19-15(22)13-4-3-9-26-13/h3-10H,1-2H3,(H,19,22)(H2,18,20,21,24)/t10-/m1/s1. The molecule has 0 aliphatic rings. The summed E-state index contributed by atoms with van der Waals surface area (Å²) in [6.45, 7) is 1.35. The van der Waals surface area contributed by atoms with Crippen LogP contribution in [0.3, 0.4) is 0 Å². The minimum Gasteiger partial charge on any atom is -0.449 e. The Hall–Kier alpha value is -3.20. The Morgan fingerprint density at radius 1 is 1.08 bits per heavy atom. The second-order valence-corrected chi connectivity index (χ2v) is 6.07. The number of hydrogen-bond acceptors (Lipinski definition) is 6. The van der Waals surface area contributed by atoms with E-state index in [1.165, 1.54) is 37.4 Å². The summed E-state index contributed by atoms with van der Waals surface area (Å²) in [6, 6.07) is 8.83. The maximum atomic E-state index is 12.0. The van der Waals surface area contributed by atoms with Crippen LogP contribution in [0.25, 0.3) is 0 Å². The molecule has 8 nitrogen and oxygen atoms in total. The number of hydrogen-bond donors (Lipinski definition) is 3. The van der Waals surface area contributed by atoms with Crippen LogP contribution in [0.1, 0.15) is 27.0 Å². The van der Waals surface area contributed by atoms with E-state index in [1.807, 2.05) is 5.32 Å². The van der Waals surface area contributed by atoms with Gasteiger partial charge in [0.25, 0.3) is 11.8 Å². The first-order valence-corrected chi connectivity index (χ1v) is 8.47. The van der Waals surface area contributed by atoms with Gasteiger partial charge in [-0.05, 0) is 42.6 Å². The minimum absolute atomic E-state index is 0.207. The largest absolute Gasteiger partial charge is 0.449 e. The molecule has 1 aromatic heterocycles. The highest BCUT2D eigenvalue weighted by atomic mass is 32.1. The van der Waals surface area contributed by atoms with Crippen molar-refractivity contribution in [3.05, 3.63) is 52.2 Å². The van der Waals surface area contributed by atoms with Gasteiger partial charge in [-0.1, -0.05) is 6.07 Å². The molecule has 1 aromatic carbocycles. The monoisotopic (exact) mass is 375 g/mol. The zero-order chi connectivity index (χ0) is 19.1. The Labute approximate surface area is 153 Å². The second kappa shape index (κ2) is 8.77. The molecule has 2 rings (SSSR count). The fraction of sp³-hybridized carbons (Fsp3) is 0.176. The lowest BCUT2D eigenvalue weighted by Crippen LogP contribution is -2.43. The average Bonchev–Trinajstić information content (AvgIpc) is 3.16. The topological polar surface area (TPSA) is 114 Å². The van der Waals surface area contributed by atoms with Crippen LogP contribution in [0.5, 0.6) is 0 Å². The van der Waals surface area contributed by atoms with E-state index in [-0.39, 0.29) is 11.5 Å². The number of urea groups is 1. The Morgan fingerprint density at radius 3 is 2.35 bits per heavy atom. The van der Waals surface area contributed by atoms with Gasteiger partial charge in [0.15, 0.2) is 6.10 Å². The molecule has 0 unspecified atom stereocenters. The van der Waals surface area contributed by atoms with Crippen LogP contribution in [0.4, 0.5) is 10.5 Å². The van der Waals surface area contributed by atoms with E-state index >= 15 is 0 Å². The fourth-order valence-electron chi connectivity index (χ4n) is 1.85. The van der Waals surface area contributed by atoms with Crippen molar-refractivity contribution >= 4 is 40.8 Å². The molecule has 1 atom stereocenters. The number of esters is 1. The summed E-state index contributed by atoms with van der Waals surface area (Å²) in [5, 5.41) is 8.75. The molecule has 4 amide bonds. The number of imide groups is 1. The number of benzene rings is 1. The second-order valence-electron chi connectivity index (χ2n) is 5.12. The molecule has 0 aliphatic heterocycles. The molecule has 0 saturated heterocycles. The van der Waals surface area contributed by atoms with E-state index in [9.17, 15) is 19.2 Å². The number of ether oxygens (including phenoxy) is 1. The number of thiophene rings is 1. The van der Waals surface area contributed by atoms with Crippen molar-refractivity contribution in [2.45, 2.75) is 13.0 Å². The summed E-state index contributed by atoms with van der Waals surface area (Å²) in [6.07, 6.45) is -1.14. The molecule has 0 radical (unpaired) electrons. The van der Waals surface area contributed by atoms with Gasteiger partial charge in [0, 0.05) is 12.7 Å². The van der Waals surface area contributed by atoms with Crippen molar-refractivity contribution in [1.29, 1.82) is 0 Å². The molecular formula is C17H17N3O5S. The van der Waals surface area contributed by atoms with Crippen LogP contribution in [-0.4, -0.2) is 37.0 Å². The van der Waals surface area contributed by atoms with E-state index in [4.69, 9.17) is 4.74 Å². The third-order valence-electron chi connectivity index (χ3n) is 3.24. The highest BCUT2D eigenvalue weighted by molar-refractivity contribution is 7.12. The van der Waals surface area contributed by atoms with Crippen LogP contribution in [0.15, 0.2) is 41.8 Å². The van der Waals surface area contributed by atoms with Crippen molar-refractivity contribution in [2.24, 2.45) is 0 Å². The maximum Gasteiger partial charge on any atom is 0.338 e. The Bertz CT molecular complexity index is 802. The SMILES string of the molecule is CNC(=O)NC(=O)[C@@H](C)OC(=O)c1ccc(NC(=O)c2cccs2)cc1. The molecule has 0 fully saturated rings. The van der Waals surface area contributed by atoms with E-state index in [0.29, 0.717) is 10.6 Å². The predicted octanol–water partition coefficient (Wildman–Crippen LogP) is 2.00. The fourth-order valence-corrected chi connectivity index (χ4v) is 2.47. The van der Waals surface area contributed by atoms with Crippen LogP contribution in [-0.2, 0) is 9.53 Å². The Morgan fingerprint density at radius 2 is 1.77 bits per heavy atom. The van der Waals surface area contributed by atoms with Crippen LogP contribution in [0, 0.1) is 0 Å². The molecule has 0 aliphatic carbocycles. The van der Waals surface area contributed by atoms with Crippen molar-refractivity contribution in [3.63, 3.8) is 0 Å². The van der Waals surface area contributed by atoms with Gasteiger partial charge in [0.05, 0.1) is 10.4 Å². The summed E-state index contributed by atoms with van der Waals surface area (Å²) in [5.74, 6) is -1.70. The number of carbonyl (C=O) groups excluding carboxylic acids is 4. The Balaban J connectivity index is 1.92. The number of nitrogens with one attached hydrogen (secondary N) is 3.